The van der Waals surface area contributed by atoms with Crippen molar-refractivity contribution in [3.05, 3.63) is 27.7 Å². The lowest BCUT2D eigenvalue weighted by atomic mass is 10.2. The summed E-state index contributed by atoms with van der Waals surface area (Å²) in [5.74, 6) is 0.357. The summed E-state index contributed by atoms with van der Waals surface area (Å²) >= 11 is 9.22. The Balaban J connectivity index is 0.00000180. The molecule has 1 saturated carbocycles. The standard InChI is InChI=1S/C11H14BrClN2O2S.ClH/c12-8-2-1-3-10(11(8)13)18(16,17)15-9(6-14)7-4-5-7;/h1-3,7,9,15H,4-6,14H2;1H. The first kappa shape index (κ1) is 17.2. The number of halogens is 3. The highest BCUT2D eigenvalue weighted by atomic mass is 79.9. The topological polar surface area (TPSA) is 72.2 Å². The minimum absolute atomic E-state index is 0. The number of rotatable bonds is 5. The van der Waals surface area contributed by atoms with E-state index < -0.39 is 10.0 Å². The zero-order valence-corrected chi connectivity index (χ0v) is 13.9. The second-order valence-electron chi connectivity index (χ2n) is 4.35. The molecule has 1 aromatic rings. The number of sulfonamides is 1. The minimum atomic E-state index is -3.62. The molecule has 0 saturated heterocycles. The summed E-state index contributed by atoms with van der Waals surface area (Å²) in [5.41, 5.74) is 5.60. The van der Waals surface area contributed by atoms with E-state index in [1.165, 1.54) is 6.07 Å². The Morgan fingerprint density at radius 1 is 1.47 bits per heavy atom. The number of nitrogens with two attached hydrogens (primary N) is 1. The van der Waals surface area contributed by atoms with Crippen LogP contribution >= 0.6 is 39.9 Å². The maximum absolute atomic E-state index is 12.2. The van der Waals surface area contributed by atoms with E-state index in [2.05, 4.69) is 20.7 Å². The van der Waals surface area contributed by atoms with Gasteiger partial charge in [-0.15, -0.1) is 12.4 Å². The van der Waals surface area contributed by atoms with E-state index in [1.54, 1.807) is 12.1 Å². The van der Waals surface area contributed by atoms with Crippen molar-refractivity contribution >= 4 is 50.0 Å². The largest absolute Gasteiger partial charge is 0.329 e. The van der Waals surface area contributed by atoms with Crippen LogP contribution < -0.4 is 10.5 Å². The maximum atomic E-state index is 12.2. The first-order chi connectivity index (χ1) is 8.45. The minimum Gasteiger partial charge on any atom is -0.329 e. The molecular formula is C11H15BrCl2N2O2S. The Labute approximate surface area is 132 Å². The molecule has 0 aromatic heterocycles. The SMILES string of the molecule is Cl.NCC(NS(=O)(=O)c1cccc(Br)c1Cl)C1CC1. The van der Waals surface area contributed by atoms with Crippen molar-refractivity contribution in [1.82, 2.24) is 4.72 Å². The Bertz CT molecular complexity index is 550. The second kappa shape index (κ2) is 6.74. The van der Waals surface area contributed by atoms with Gasteiger partial charge >= 0.3 is 0 Å². The number of hydrogen-bond donors (Lipinski definition) is 2. The Morgan fingerprint density at radius 2 is 2.11 bits per heavy atom. The van der Waals surface area contributed by atoms with Crippen LogP contribution in [-0.4, -0.2) is 21.0 Å². The summed E-state index contributed by atoms with van der Waals surface area (Å²) < 4.78 is 27.7. The van der Waals surface area contributed by atoms with E-state index in [0.717, 1.165) is 12.8 Å². The third kappa shape index (κ3) is 4.06. The van der Waals surface area contributed by atoms with Crippen LogP contribution in [0.3, 0.4) is 0 Å². The van der Waals surface area contributed by atoms with Crippen molar-refractivity contribution in [2.24, 2.45) is 11.7 Å². The van der Waals surface area contributed by atoms with E-state index in [9.17, 15) is 8.42 Å². The van der Waals surface area contributed by atoms with E-state index >= 15 is 0 Å². The molecule has 1 atom stereocenters. The Kier molecular flexibility index (Phi) is 6.10. The fourth-order valence-corrected chi connectivity index (χ4v) is 4.14. The van der Waals surface area contributed by atoms with Gasteiger partial charge in [-0.1, -0.05) is 17.7 Å². The van der Waals surface area contributed by atoms with Gasteiger partial charge in [-0.05, 0) is 46.8 Å². The first-order valence-electron chi connectivity index (χ1n) is 5.62. The molecule has 0 bridgehead atoms. The van der Waals surface area contributed by atoms with Crippen LogP contribution in [0.4, 0.5) is 0 Å². The molecule has 4 nitrogen and oxygen atoms in total. The average Bonchev–Trinajstić information content (AvgIpc) is 3.13. The van der Waals surface area contributed by atoms with Gasteiger partial charge in [0.1, 0.15) is 4.90 Å². The van der Waals surface area contributed by atoms with Crippen LogP contribution in [0.15, 0.2) is 27.6 Å². The van der Waals surface area contributed by atoms with Gasteiger partial charge in [0, 0.05) is 17.1 Å². The average molecular weight is 390 g/mol. The van der Waals surface area contributed by atoms with Crippen molar-refractivity contribution in [2.75, 3.05) is 6.54 Å². The zero-order valence-electron chi connectivity index (χ0n) is 9.97. The summed E-state index contributed by atoms with van der Waals surface area (Å²) in [6.45, 7) is 0.301. The molecule has 0 radical (unpaired) electrons. The van der Waals surface area contributed by atoms with E-state index in [0.29, 0.717) is 16.9 Å². The third-order valence-electron chi connectivity index (χ3n) is 2.96. The summed E-state index contributed by atoms with van der Waals surface area (Å²) in [7, 11) is -3.62. The highest BCUT2D eigenvalue weighted by Gasteiger charge is 2.34. The molecule has 108 valence electrons. The molecule has 8 heteroatoms. The third-order valence-corrected chi connectivity index (χ3v) is 5.90. The van der Waals surface area contributed by atoms with Gasteiger partial charge < -0.3 is 5.73 Å². The van der Waals surface area contributed by atoms with Crippen LogP contribution in [-0.2, 0) is 10.0 Å². The molecule has 0 heterocycles. The molecular weight excluding hydrogens is 375 g/mol. The molecule has 1 fully saturated rings. The number of nitrogens with one attached hydrogen (secondary N) is 1. The molecule has 3 N–H and O–H groups in total. The smallest absolute Gasteiger partial charge is 0.242 e. The monoisotopic (exact) mass is 388 g/mol. The molecule has 1 aliphatic rings. The predicted octanol–water partition coefficient (Wildman–Crippen LogP) is 2.54. The van der Waals surface area contributed by atoms with Gasteiger partial charge in [0.15, 0.2) is 0 Å². The fraction of sp³-hybridized carbons (Fsp3) is 0.455. The van der Waals surface area contributed by atoms with Crippen molar-refractivity contribution in [3.8, 4) is 0 Å². The molecule has 1 aliphatic carbocycles. The highest BCUT2D eigenvalue weighted by molar-refractivity contribution is 9.10. The lowest BCUT2D eigenvalue weighted by Gasteiger charge is -2.17. The molecule has 19 heavy (non-hydrogen) atoms. The normalized spacial score (nSPS) is 16.8. The summed E-state index contributed by atoms with van der Waals surface area (Å²) in [5, 5.41) is 0.191. The van der Waals surface area contributed by atoms with Crippen molar-refractivity contribution in [2.45, 2.75) is 23.8 Å². The van der Waals surface area contributed by atoms with Gasteiger partial charge in [-0.25, -0.2) is 13.1 Å². The van der Waals surface area contributed by atoms with Crippen molar-refractivity contribution in [3.63, 3.8) is 0 Å². The van der Waals surface area contributed by atoms with Crippen molar-refractivity contribution in [1.29, 1.82) is 0 Å². The lowest BCUT2D eigenvalue weighted by molar-refractivity contribution is 0.519. The summed E-state index contributed by atoms with van der Waals surface area (Å²) in [4.78, 5) is 0.0811. The summed E-state index contributed by atoms with van der Waals surface area (Å²) in [6.07, 6.45) is 2.05. The summed E-state index contributed by atoms with van der Waals surface area (Å²) in [6, 6.07) is 4.61. The van der Waals surface area contributed by atoms with E-state index in [-0.39, 0.29) is 28.4 Å². The molecule has 1 aromatic carbocycles. The number of benzene rings is 1. The van der Waals surface area contributed by atoms with Gasteiger partial charge in [0.25, 0.3) is 0 Å². The number of hydrogen-bond acceptors (Lipinski definition) is 3. The fourth-order valence-electron chi connectivity index (χ4n) is 1.79. The van der Waals surface area contributed by atoms with Crippen LogP contribution in [0.5, 0.6) is 0 Å². The highest BCUT2D eigenvalue weighted by Crippen LogP contribution is 2.34. The van der Waals surface area contributed by atoms with Crippen LogP contribution in [0.25, 0.3) is 0 Å². The first-order valence-corrected chi connectivity index (χ1v) is 8.27. The lowest BCUT2D eigenvalue weighted by Crippen LogP contribution is -2.41. The predicted molar refractivity (Wildman–Crippen MR) is 82.3 cm³/mol. The molecule has 0 amide bonds. The molecule has 2 rings (SSSR count). The second-order valence-corrected chi connectivity index (χ2v) is 7.27. The van der Waals surface area contributed by atoms with Gasteiger partial charge in [0.05, 0.1) is 5.02 Å². The molecule has 0 spiro atoms. The van der Waals surface area contributed by atoms with Gasteiger partial charge in [0.2, 0.25) is 10.0 Å². The van der Waals surface area contributed by atoms with Gasteiger partial charge in [-0.3, -0.25) is 0 Å². The maximum Gasteiger partial charge on any atom is 0.242 e. The van der Waals surface area contributed by atoms with E-state index in [4.69, 9.17) is 17.3 Å². The van der Waals surface area contributed by atoms with Crippen LogP contribution in [0.2, 0.25) is 5.02 Å². The van der Waals surface area contributed by atoms with Gasteiger partial charge in [-0.2, -0.15) is 0 Å². The van der Waals surface area contributed by atoms with Crippen molar-refractivity contribution < 1.29 is 8.42 Å². The quantitative estimate of drug-likeness (QED) is 0.812. The molecule has 0 aliphatic heterocycles. The Morgan fingerprint density at radius 3 is 2.63 bits per heavy atom. The Hall–Kier alpha value is 0.150. The molecule has 1 unspecified atom stereocenters. The zero-order chi connectivity index (χ0) is 13.3. The van der Waals surface area contributed by atoms with Crippen LogP contribution in [0, 0.1) is 5.92 Å². The van der Waals surface area contributed by atoms with E-state index in [1.807, 2.05) is 0 Å². The van der Waals surface area contributed by atoms with Crippen LogP contribution in [0.1, 0.15) is 12.8 Å².